The predicted molar refractivity (Wildman–Crippen MR) is 90.3 cm³/mol. The zero-order valence-electron chi connectivity index (χ0n) is 14.0. The maximum Gasteiger partial charge on any atom is 0.186 e. The number of aromatic nitrogens is 1. The number of rotatable bonds is 6. The number of nitrogens with zero attached hydrogens (tertiary/aromatic N) is 2. The summed E-state index contributed by atoms with van der Waals surface area (Å²) in [6, 6.07) is 0.508. The molecule has 120 valence electrons. The SMILES string of the molecule is CCCc1nc(N2C[C@@H](C)O[C@@H](C)C2)sc1CNC(C)C. The van der Waals surface area contributed by atoms with Gasteiger partial charge in [-0.3, -0.25) is 0 Å². The standard InChI is InChI=1S/C16H29N3OS/c1-6-7-14-15(8-17-11(2)3)21-16(18-14)19-9-12(4)20-13(5)10-19/h11-13,17H,6-10H2,1-5H3/t12-,13+. The number of aryl methyl sites for hydroxylation is 1. The Morgan fingerprint density at radius 3 is 2.57 bits per heavy atom. The Kier molecular flexibility index (Phi) is 6.02. The van der Waals surface area contributed by atoms with Gasteiger partial charge < -0.3 is 15.0 Å². The first-order chi connectivity index (χ1) is 9.99. The van der Waals surface area contributed by atoms with E-state index in [2.05, 4.69) is 44.8 Å². The number of anilines is 1. The summed E-state index contributed by atoms with van der Waals surface area (Å²) >= 11 is 1.85. The van der Waals surface area contributed by atoms with Crippen LogP contribution in [0.3, 0.4) is 0 Å². The first-order valence-electron chi connectivity index (χ1n) is 8.12. The fourth-order valence-electron chi connectivity index (χ4n) is 2.71. The summed E-state index contributed by atoms with van der Waals surface area (Å²) in [6.07, 6.45) is 2.78. The lowest BCUT2D eigenvalue weighted by Gasteiger charge is -2.35. The van der Waals surface area contributed by atoms with Crippen LogP contribution in [0, 0.1) is 0 Å². The predicted octanol–water partition coefficient (Wildman–Crippen LogP) is 3.21. The molecule has 4 nitrogen and oxygen atoms in total. The highest BCUT2D eigenvalue weighted by Gasteiger charge is 2.25. The third-order valence-corrected chi connectivity index (χ3v) is 4.77. The molecule has 0 amide bonds. The van der Waals surface area contributed by atoms with Crippen LogP contribution in [0.1, 0.15) is 51.6 Å². The lowest BCUT2D eigenvalue weighted by molar-refractivity contribution is -0.00523. The number of hydrogen-bond acceptors (Lipinski definition) is 5. The van der Waals surface area contributed by atoms with Gasteiger partial charge >= 0.3 is 0 Å². The lowest BCUT2D eigenvalue weighted by atomic mass is 10.2. The van der Waals surface area contributed by atoms with E-state index in [1.165, 1.54) is 15.7 Å². The average Bonchev–Trinajstić information content (AvgIpc) is 2.79. The fourth-order valence-corrected chi connectivity index (χ4v) is 3.78. The summed E-state index contributed by atoms with van der Waals surface area (Å²) < 4.78 is 5.82. The molecule has 0 radical (unpaired) electrons. The molecule has 2 atom stereocenters. The van der Waals surface area contributed by atoms with Crippen molar-refractivity contribution in [2.75, 3.05) is 18.0 Å². The summed E-state index contributed by atoms with van der Waals surface area (Å²) in [6.45, 7) is 13.7. The first-order valence-corrected chi connectivity index (χ1v) is 8.93. The fraction of sp³-hybridized carbons (Fsp3) is 0.812. The molecule has 1 aromatic heterocycles. The molecule has 1 saturated heterocycles. The molecule has 0 aliphatic carbocycles. The molecule has 21 heavy (non-hydrogen) atoms. The second-order valence-electron chi connectivity index (χ2n) is 6.31. The Labute approximate surface area is 132 Å². The van der Waals surface area contributed by atoms with Gasteiger partial charge in [-0.05, 0) is 20.3 Å². The molecule has 1 aliphatic heterocycles. The van der Waals surface area contributed by atoms with Gasteiger partial charge in [0.05, 0.1) is 17.9 Å². The minimum absolute atomic E-state index is 0.282. The van der Waals surface area contributed by atoms with Crippen LogP contribution >= 0.6 is 11.3 Å². The minimum atomic E-state index is 0.282. The Balaban J connectivity index is 2.13. The van der Waals surface area contributed by atoms with Crippen LogP contribution < -0.4 is 10.2 Å². The van der Waals surface area contributed by atoms with E-state index < -0.39 is 0 Å². The van der Waals surface area contributed by atoms with Gasteiger partial charge in [-0.1, -0.05) is 27.2 Å². The van der Waals surface area contributed by atoms with Gasteiger partial charge in [0, 0.05) is 30.6 Å². The maximum absolute atomic E-state index is 5.82. The molecule has 5 heteroatoms. The Bertz CT molecular complexity index is 437. The van der Waals surface area contributed by atoms with E-state index in [9.17, 15) is 0 Å². The molecule has 0 bridgehead atoms. The molecule has 1 N–H and O–H groups in total. The van der Waals surface area contributed by atoms with Crippen LogP contribution in [-0.4, -0.2) is 36.3 Å². The van der Waals surface area contributed by atoms with Gasteiger partial charge in [-0.25, -0.2) is 4.98 Å². The molecule has 1 aliphatic rings. The average molecular weight is 311 g/mol. The Morgan fingerprint density at radius 1 is 1.33 bits per heavy atom. The second kappa shape index (κ2) is 7.56. The molecule has 2 rings (SSSR count). The molecule has 0 saturated carbocycles. The maximum atomic E-state index is 5.82. The van der Waals surface area contributed by atoms with Crippen molar-refractivity contribution in [3.63, 3.8) is 0 Å². The van der Waals surface area contributed by atoms with E-state index in [0.717, 1.165) is 32.5 Å². The number of morpholine rings is 1. The molecule has 0 unspecified atom stereocenters. The van der Waals surface area contributed by atoms with E-state index in [1.54, 1.807) is 0 Å². The van der Waals surface area contributed by atoms with Crippen molar-refractivity contribution in [2.24, 2.45) is 0 Å². The van der Waals surface area contributed by atoms with Crippen LogP contribution in [0.5, 0.6) is 0 Å². The highest BCUT2D eigenvalue weighted by atomic mass is 32.1. The van der Waals surface area contributed by atoms with E-state index in [1.807, 2.05) is 11.3 Å². The minimum Gasteiger partial charge on any atom is -0.372 e. The Morgan fingerprint density at radius 2 is 2.00 bits per heavy atom. The number of nitrogens with one attached hydrogen (secondary N) is 1. The number of hydrogen-bond donors (Lipinski definition) is 1. The summed E-state index contributed by atoms with van der Waals surface area (Å²) in [5.41, 5.74) is 1.28. The van der Waals surface area contributed by atoms with Crippen molar-refractivity contribution in [1.82, 2.24) is 10.3 Å². The van der Waals surface area contributed by atoms with Crippen LogP contribution in [0.25, 0.3) is 0 Å². The molecule has 0 aromatic carbocycles. The van der Waals surface area contributed by atoms with Crippen LogP contribution in [0.2, 0.25) is 0 Å². The van der Waals surface area contributed by atoms with Gasteiger partial charge in [0.1, 0.15) is 0 Å². The van der Waals surface area contributed by atoms with Gasteiger partial charge in [-0.2, -0.15) is 0 Å². The lowest BCUT2D eigenvalue weighted by Crippen LogP contribution is -2.45. The van der Waals surface area contributed by atoms with Crippen LogP contribution in [0.15, 0.2) is 0 Å². The Hall–Kier alpha value is -0.650. The summed E-state index contributed by atoms with van der Waals surface area (Å²) in [7, 11) is 0. The van der Waals surface area contributed by atoms with E-state index >= 15 is 0 Å². The third kappa shape index (κ3) is 4.66. The summed E-state index contributed by atoms with van der Waals surface area (Å²) in [5.74, 6) is 0. The highest BCUT2D eigenvalue weighted by Crippen LogP contribution is 2.29. The third-order valence-electron chi connectivity index (χ3n) is 3.61. The topological polar surface area (TPSA) is 37.4 Å². The summed E-state index contributed by atoms with van der Waals surface area (Å²) in [4.78, 5) is 8.71. The normalized spacial score (nSPS) is 23.0. The van der Waals surface area contributed by atoms with Crippen LogP contribution in [-0.2, 0) is 17.7 Å². The zero-order valence-corrected chi connectivity index (χ0v) is 14.8. The second-order valence-corrected chi connectivity index (χ2v) is 7.38. The largest absolute Gasteiger partial charge is 0.372 e. The van der Waals surface area contributed by atoms with Crippen molar-refractivity contribution < 1.29 is 4.74 Å². The molecular weight excluding hydrogens is 282 g/mol. The van der Waals surface area contributed by atoms with E-state index in [-0.39, 0.29) is 12.2 Å². The zero-order chi connectivity index (χ0) is 15.4. The van der Waals surface area contributed by atoms with Gasteiger partial charge in [0.15, 0.2) is 5.13 Å². The van der Waals surface area contributed by atoms with Crippen molar-refractivity contribution in [3.8, 4) is 0 Å². The smallest absolute Gasteiger partial charge is 0.186 e. The van der Waals surface area contributed by atoms with Crippen molar-refractivity contribution in [3.05, 3.63) is 10.6 Å². The first kappa shape index (κ1) is 16.7. The molecule has 1 aromatic rings. The van der Waals surface area contributed by atoms with Crippen molar-refractivity contribution in [2.45, 2.75) is 72.3 Å². The quantitative estimate of drug-likeness (QED) is 0.875. The van der Waals surface area contributed by atoms with Gasteiger partial charge in [0.2, 0.25) is 0 Å². The number of ether oxygens (including phenoxy) is 1. The van der Waals surface area contributed by atoms with Gasteiger partial charge in [0.25, 0.3) is 0 Å². The number of thiazole rings is 1. The molecular formula is C16H29N3OS. The van der Waals surface area contributed by atoms with Crippen LogP contribution in [0.4, 0.5) is 5.13 Å². The van der Waals surface area contributed by atoms with Crippen molar-refractivity contribution in [1.29, 1.82) is 0 Å². The van der Waals surface area contributed by atoms with E-state index in [4.69, 9.17) is 9.72 Å². The van der Waals surface area contributed by atoms with Crippen molar-refractivity contribution >= 4 is 16.5 Å². The monoisotopic (exact) mass is 311 g/mol. The van der Waals surface area contributed by atoms with E-state index in [0.29, 0.717) is 6.04 Å². The molecule has 1 fully saturated rings. The van der Waals surface area contributed by atoms with Gasteiger partial charge in [-0.15, -0.1) is 11.3 Å². The molecule has 0 spiro atoms. The molecule has 2 heterocycles. The highest BCUT2D eigenvalue weighted by molar-refractivity contribution is 7.15. The summed E-state index contributed by atoms with van der Waals surface area (Å²) in [5, 5.41) is 4.69.